The van der Waals surface area contributed by atoms with Crippen LogP contribution in [0.1, 0.15) is 18.4 Å². The largest absolute Gasteiger partial charge is 0.376 e. The molecular formula is C13H16Cl2N2OS. The fraction of sp³-hybridized carbons (Fsp3) is 0.462. The summed E-state index contributed by atoms with van der Waals surface area (Å²) in [5, 5.41) is 8.16. The van der Waals surface area contributed by atoms with E-state index in [0.717, 1.165) is 31.6 Å². The molecule has 1 fully saturated rings. The molecule has 3 nitrogen and oxygen atoms in total. The van der Waals surface area contributed by atoms with Gasteiger partial charge in [0.05, 0.1) is 6.10 Å². The van der Waals surface area contributed by atoms with Crippen LogP contribution in [0.2, 0.25) is 10.0 Å². The van der Waals surface area contributed by atoms with Crippen molar-refractivity contribution in [1.29, 1.82) is 0 Å². The lowest BCUT2D eigenvalue weighted by Gasteiger charge is -2.14. The van der Waals surface area contributed by atoms with Crippen molar-refractivity contribution < 1.29 is 4.74 Å². The molecule has 0 aromatic heterocycles. The SMILES string of the molecule is S=C(NCc1ccc(Cl)cc1Cl)NCC1CCCO1. The Morgan fingerprint density at radius 1 is 1.37 bits per heavy atom. The highest BCUT2D eigenvalue weighted by molar-refractivity contribution is 7.80. The highest BCUT2D eigenvalue weighted by atomic mass is 35.5. The molecule has 2 rings (SSSR count). The van der Waals surface area contributed by atoms with Crippen molar-refractivity contribution in [3.8, 4) is 0 Å². The second-order valence-electron chi connectivity index (χ2n) is 4.43. The van der Waals surface area contributed by atoms with E-state index < -0.39 is 0 Å². The molecule has 2 N–H and O–H groups in total. The van der Waals surface area contributed by atoms with Gasteiger partial charge in [0.25, 0.3) is 0 Å². The summed E-state index contributed by atoms with van der Waals surface area (Å²) in [5.74, 6) is 0. The normalized spacial score (nSPS) is 18.3. The molecule has 0 spiro atoms. The van der Waals surface area contributed by atoms with Crippen molar-refractivity contribution in [3.05, 3.63) is 33.8 Å². The van der Waals surface area contributed by atoms with Crippen molar-refractivity contribution in [1.82, 2.24) is 10.6 Å². The summed E-state index contributed by atoms with van der Waals surface area (Å²) < 4.78 is 5.51. The standard InChI is InChI=1S/C13H16Cl2N2OS/c14-10-4-3-9(12(15)6-10)7-16-13(19)17-8-11-2-1-5-18-11/h3-4,6,11H,1-2,5,7-8H2,(H2,16,17,19). The molecule has 1 atom stereocenters. The molecule has 19 heavy (non-hydrogen) atoms. The lowest BCUT2D eigenvalue weighted by atomic mass is 10.2. The van der Waals surface area contributed by atoms with Crippen LogP contribution >= 0.6 is 35.4 Å². The molecule has 1 heterocycles. The van der Waals surface area contributed by atoms with Crippen molar-refractivity contribution in [2.45, 2.75) is 25.5 Å². The first kappa shape index (κ1) is 14.9. The van der Waals surface area contributed by atoms with Gasteiger partial charge in [0.2, 0.25) is 0 Å². The van der Waals surface area contributed by atoms with Crippen LogP contribution in [0.15, 0.2) is 18.2 Å². The Morgan fingerprint density at radius 2 is 2.21 bits per heavy atom. The van der Waals surface area contributed by atoms with Gasteiger partial charge in [-0.15, -0.1) is 0 Å². The first-order valence-corrected chi connectivity index (χ1v) is 7.39. The van der Waals surface area contributed by atoms with E-state index >= 15 is 0 Å². The predicted octanol–water partition coefficient (Wildman–Crippen LogP) is 3.14. The monoisotopic (exact) mass is 318 g/mol. The number of hydrogen-bond acceptors (Lipinski definition) is 2. The highest BCUT2D eigenvalue weighted by Crippen LogP contribution is 2.20. The second kappa shape index (κ2) is 7.29. The van der Waals surface area contributed by atoms with Gasteiger partial charge >= 0.3 is 0 Å². The topological polar surface area (TPSA) is 33.3 Å². The van der Waals surface area contributed by atoms with Gasteiger partial charge < -0.3 is 15.4 Å². The van der Waals surface area contributed by atoms with Gasteiger partial charge in [-0.25, -0.2) is 0 Å². The first-order valence-electron chi connectivity index (χ1n) is 6.22. The lowest BCUT2D eigenvalue weighted by molar-refractivity contribution is 0.114. The predicted molar refractivity (Wildman–Crippen MR) is 82.9 cm³/mol. The smallest absolute Gasteiger partial charge is 0.166 e. The van der Waals surface area contributed by atoms with E-state index in [-0.39, 0.29) is 6.10 Å². The van der Waals surface area contributed by atoms with E-state index in [1.165, 1.54) is 0 Å². The molecule has 1 aromatic rings. The molecule has 6 heteroatoms. The average Bonchev–Trinajstić information content (AvgIpc) is 2.88. The van der Waals surface area contributed by atoms with Crippen LogP contribution in [-0.2, 0) is 11.3 Å². The molecule has 0 saturated carbocycles. The minimum absolute atomic E-state index is 0.277. The highest BCUT2D eigenvalue weighted by Gasteiger charge is 2.15. The number of halogens is 2. The molecular weight excluding hydrogens is 303 g/mol. The third-order valence-corrected chi connectivity index (χ3v) is 3.84. The molecule has 1 aliphatic rings. The summed E-state index contributed by atoms with van der Waals surface area (Å²) in [6, 6.07) is 5.43. The van der Waals surface area contributed by atoms with Gasteiger partial charge in [0.1, 0.15) is 0 Å². The van der Waals surface area contributed by atoms with E-state index in [1.807, 2.05) is 12.1 Å². The summed E-state index contributed by atoms with van der Waals surface area (Å²) in [6.45, 7) is 2.18. The zero-order chi connectivity index (χ0) is 13.7. The zero-order valence-corrected chi connectivity index (χ0v) is 12.7. The van der Waals surface area contributed by atoms with E-state index in [4.69, 9.17) is 40.2 Å². The van der Waals surface area contributed by atoms with Crippen molar-refractivity contribution in [3.63, 3.8) is 0 Å². The molecule has 0 radical (unpaired) electrons. The molecule has 104 valence electrons. The maximum absolute atomic E-state index is 6.09. The van der Waals surface area contributed by atoms with E-state index in [9.17, 15) is 0 Å². The summed E-state index contributed by atoms with van der Waals surface area (Å²) in [5.41, 5.74) is 0.965. The number of thiocarbonyl (C=S) groups is 1. The Morgan fingerprint density at radius 3 is 2.89 bits per heavy atom. The average molecular weight is 319 g/mol. The minimum Gasteiger partial charge on any atom is -0.376 e. The van der Waals surface area contributed by atoms with Crippen LogP contribution in [0.25, 0.3) is 0 Å². The zero-order valence-electron chi connectivity index (χ0n) is 10.4. The molecule has 1 saturated heterocycles. The van der Waals surface area contributed by atoms with Crippen molar-refractivity contribution in [2.75, 3.05) is 13.2 Å². The van der Waals surface area contributed by atoms with Crippen LogP contribution in [0.5, 0.6) is 0 Å². The Hall–Kier alpha value is -0.550. The quantitative estimate of drug-likeness (QED) is 0.836. The van der Waals surface area contributed by atoms with Gasteiger partial charge in [-0.3, -0.25) is 0 Å². The summed E-state index contributed by atoms with van der Waals surface area (Å²) in [7, 11) is 0. The maximum Gasteiger partial charge on any atom is 0.166 e. The van der Waals surface area contributed by atoms with Crippen LogP contribution < -0.4 is 10.6 Å². The van der Waals surface area contributed by atoms with Crippen molar-refractivity contribution >= 4 is 40.5 Å². The molecule has 0 aliphatic carbocycles. The number of rotatable bonds is 4. The Kier molecular flexibility index (Phi) is 5.70. The van der Waals surface area contributed by atoms with Crippen LogP contribution in [0, 0.1) is 0 Å². The molecule has 0 amide bonds. The van der Waals surface area contributed by atoms with Gasteiger partial charge in [0.15, 0.2) is 5.11 Å². The van der Waals surface area contributed by atoms with Gasteiger partial charge in [-0.05, 0) is 42.8 Å². The number of benzene rings is 1. The third kappa shape index (κ3) is 4.80. The number of ether oxygens (including phenoxy) is 1. The fourth-order valence-electron chi connectivity index (χ4n) is 1.91. The van der Waals surface area contributed by atoms with E-state index in [1.54, 1.807) is 6.07 Å². The van der Waals surface area contributed by atoms with Gasteiger partial charge in [-0.2, -0.15) is 0 Å². The molecule has 1 aromatic carbocycles. The molecule has 1 aliphatic heterocycles. The molecule has 1 unspecified atom stereocenters. The first-order chi connectivity index (χ1) is 9.15. The van der Waals surface area contributed by atoms with Crippen LogP contribution in [0.4, 0.5) is 0 Å². The third-order valence-electron chi connectivity index (χ3n) is 2.97. The van der Waals surface area contributed by atoms with E-state index in [2.05, 4.69) is 10.6 Å². The van der Waals surface area contributed by atoms with E-state index in [0.29, 0.717) is 21.7 Å². The van der Waals surface area contributed by atoms with Gasteiger partial charge in [-0.1, -0.05) is 29.3 Å². The Bertz CT molecular complexity index is 450. The Labute approximate surface area is 128 Å². The van der Waals surface area contributed by atoms with Crippen molar-refractivity contribution in [2.24, 2.45) is 0 Å². The summed E-state index contributed by atoms with van der Waals surface area (Å²) >= 11 is 17.1. The fourth-order valence-corrected chi connectivity index (χ4v) is 2.55. The Balaban J connectivity index is 1.73. The van der Waals surface area contributed by atoms with Gasteiger partial charge in [0, 0.05) is 29.7 Å². The minimum atomic E-state index is 0.277. The molecule has 0 bridgehead atoms. The maximum atomic E-state index is 6.09. The second-order valence-corrected chi connectivity index (χ2v) is 5.69. The summed E-state index contributed by atoms with van der Waals surface area (Å²) in [6.07, 6.45) is 2.50. The van der Waals surface area contributed by atoms with Crippen LogP contribution in [-0.4, -0.2) is 24.4 Å². The van der Waals surface area contributed by atoms with Crippen LogP contribution in [0.3, 0.4) is 0 Å². The lowest BCUT2D eigenvalue weighted by Crippen LogP contribution is -2.39. The number of hydrogen-bond donors (Lipinski definition) is 2. The number of nitrogens with one attached hydrogen (secondary N) is 2. The summed E-state index contributed by atoms with van der Waals surface area (Å²) in [4.78, 5) is 0.